The van der Waals surface area contributed by atoms with Gasteiger partial charge in [-0.3, -0.25) is 14.6 Å². The monoisotopic (exact) mass is 240 g/mol. The molecule has 0 fully saturated rings. The topological polar surface area (TPSA) is 89.2 Å². The van der Waals surface area contributed by atoms with Gasteiger partial charge in [0.25, 0.3) is 11.8 Å². The van der Waals surface area contributed by atoms with Crippen LogP contribution in [0.1, 0.15) is 20.8 Å². The summed E-state index contributed by atoms with van der Waals surface area (Å²) in [6.45, 7) is 0. The number of anilines is 2. The zero-order chi connectivity index (χ0) is 12.7. The minimum Gasteiger partial charge on any atom is -0.384 e. The summed E-state index contributed by atoms with van der Waals surface area (Å²) in [5.74, 6) is -0.509. The summed E-state index contributed by atoms with van der Waals surface area (Å²) in [6.07, 6.45) is 2.87. The maximum atomic E-state index is 12.1. The molecule has 3 rings (SSSR count). The van der Waals surface area contributed by atoms with Crippen molar-refractivity contribution in [2.45, 2.75) is 0 Å². The third-order valence-corrected chi connectivity index (χ3v) is 2.68. The number of nitrogens with two attached hydrogens (primary N) is 1. The summed E-state index contributed by atoms with van der Waals surface area (Å²) in [6, 6.07) is 6.30. The number of carbonyl (C=O) groups excluding carboxylic acids is 2. The fourth-order valence-corrected chi connectivity index (χ4v) is 1.83. The van der Waals surface area contributed by atoms with Crippen molar-refractivity contribution in [3.8, 4) is 0 Å². The number of nitrogens with zero attached hydrogens (tertiary/aromatic N) is 3. The van der Waals surface area contributed by atoms with Crippen molar-refractivity contribution in [2.75, 3.05) is 10.6 Å². The highest BCUT2D eigenvalue weighted by Gasteiger charge is 2.37. The van der Waals surface area contributed by atoms with Gasteiger partial charge in [0.05, 0.1) is 17.4 Å². The Bertz CT molecular complexity index is 616. The SMILES string of the molecule is Nc1ccc(N2C(=O)c3cccnc3C2=O)cn1. The van der Waals surface area contributed by atoms with E-state index in [4.69, 9.17) is 5.73 Å². The number of pyridine rings is 2. The van der Waals surface area contributed by atoms with Crippen LogP contribution in [-0.4, -0.2) is 21.8 Å². The number of imide groups is 1. The average Bonchev–Trinajstić information content (AvgIpc) is 2.64. The highest BCUT2D eigenvalue weighted by Crippen LogP contribution is 2.26. The predicted octanol–water partition coefficient (Wildman–Crippen LogP) is 0.859. The Morgan fingerprint density at radius 2 is 1.89 bits per heavy atom. The van der Waals surface area contributed by atoms with E-state index in [1.54, 1.807) is 18.2 Å². The number of amides is 2. The van der Waals surface area contributed by atoms with Crippen molar-refractivity contribution in [3.05, 3.63) is 47.9 Å². The van der Waals surface area contributed by atoms with Crippen LogP contribution in [0.3, 0.4) is 0 Å². The molecule has 0 aromatic carbocycles. The van der Waals surface area contributed by atoms with Gasteiger partial charge in [-0.05, 0) is 24.3 Å². The summed E-state index contributed by atoms with van der Waals surface area (Å²) < 4.78 is 0. The molecule has 2 amide bonds. The summed E-state index contributed by atoms with van der Waals surface area (Å²) in [7, 11) is 0. The van der Waals surface area contributed by atoms with Crippen molar-refractivity contribution in [2.24, 2.45) is 0 Å². The Labute approximate surface area is 102 Å². The van der Waals surface area contributed by atoms with Crippen LogP contribution in [0.2, 0.25) is 0 Å². The molecular weight excluding hydrogens is 232 g/mol. The van der Waals surface area contributed by atoms with Crippen LogP contribution < -0.4 is 10.6 Å². The molecule has 0 atom stereocenters. The molecule has 1 aliphatic rings. The quantitative estimate of drug-likeness (QED) is 0.746. The van der Waals surface area contributed by atoms with Crippen molar-refractivity contribution in [3.63, 3.8) is 0 Å². The lowest BCUT2D eigenvalue weighted by molar-refractivity contribution is 0.0924. The van der Waals surface area contributed by atoms with Crippen molar-refractivity contribution < 1.29 is 9.59 Å². The molecule has 0 bridgehead atoms. The number of aromatic nitrogens is 2. The maximum absolute atomic E-state index is 12.1. The molecule has 18 heavy (non-hydrogen) atoms. The lowest BCUT2D eigenvalue weighted by Crippen LogP contribution is -2.29. The van der Waals surface area contributed by atoms with Gasteiger partial charge >= 0.3 is 0 Å². The van der Waals surface area contributed by atoms with Gasteiger partial charge in [0.15, 0.2) is 0 Å². The number of rotatable bonds is 1. The van der Waals surface area contributed by atoms with Crippen molar-refractivity contribution >= 4 is 23.3 Å². The zero-order valence-corrected chi connectivity index (χ0v) is 9.20. The molecule has 88 valence electrons. The Hall–Kier alpha value is -2.76. The van der Waals surface area contributed by atoms with Gasteiger partial charge in [-0.2, -0.15) is 0 Å². The first-order valence-corrected chi connectivity index (χ1v) is 5.24. The largest absolute Gasteiger partial charge is 0.384 e. The van der Waals surface area contributed by atoms with Crippen LogP contribution in [0.25, 0.3) is 0 Å². The van der Waals surface area contributed by atoms with Crippen LogP contribution in [0, 0.1) is 0 Å². The molecule has 0 saturated carbocycles. The standard InChI is InChI=1S/C12H8N4O2/c13-9-4-3-7(6-15-9)16-11(17)8-2-1-5-14-10(8)12(16)18/h1-6H,(H2,13,15). The van der Waals surface area contributed by atoms with E-state index in [0.717, 1.165) is 4.90 Å². The van der Waals surface area contributed by atoms with Gasteiger partial charge in [-0.25, -0.2) is 9.88 Å². The highest BCUT2D eigenvalue weighted by molar-refractivity contribution is 6.33. The van der Waals surface area contributed by atoms with E-state index in [-0.39, 0.29) is 5.69 Å². The fraction of sp³-hybridized carbons (Fsp3) is 0. The highest BCUT2D eigenvalue weighted by atomic mass is 16.2. The number of hydrogen-bond acceptors (Lipinski definition) is 5. The van der Waals surface area contributed by atoms with Crippen LogP contribution in [0.15, 0.2) is 36.7 Å². The molecule has 6 heteroatoms. The molecule has 2 aromatic rings. The first kappa shape index (κ1) is 10.4. The van der Waals surface area contributed by atoms with E-state index in [0.29, 0.717) is 17.1 Å². The fourth-order valence-electron chi connectivity index (χ4n) is 1.83. The van der Waals surface area contributed by atoms with Gasteiger partial charge in [-0.15, -0.1) is 0 Å². The third kappa shape index (κ3) is 1.36. The number of nitrogen functional groups attached to an aromatic ring is 1. The summed E-state index contributed by atoms with van der Waals surface area (Å²) in [4.78, 5) is 33.0. The average molecular weight is 240 g/mol. The molecule has 0 unspecified atom stereocenters. The molecule has 3 heterocycles. The molecule has 2 aromatic heterocycles. The van der Waals surface area contributed by atoms with Crippen molar-refractivity contribution in [1.29, 1.82) is 0 Å². The van der Waals surface area contributed by atoms with Crippen LogP contribution in [0.5, 0.6) is 0 Å². The van der Waals surface area contributed by atoms with E-state index in [1.165, 1.54) is 18.5 Å². The molecule has 1 aliphatic heterocycles. The second-order valence-corrected chi connectivity index (χ2v) is 3.79. The summed E-state index contributed by atoms with van der Waals surface area (Å²) in [5.41, 5.74) is 6.32. The Balaban J connectivity index is 2.09. The van der Waals surface area contributed by atoms with E-state index in [9.17, 15) is 9.59 Å². The molecule has 0 saturated heterocycles. The van der Waals surface area contributed by atoms with E-state index in [2.05, 4.69) is 9.97 Å². The lowest BCUT2D eigenvalue weighted by Gasteiger charge is -2.12. The Morgan fingerprint density at radius 1 is 1.06 bits per heavy atom. The second kappa shape index (κ2) is 3.63. The van der Waals surface area contributed by atoms with Crippen LogP contribution in [-0.2, 0) is 0 Å². The minimum atomic E-state index is -0.442. The zero-order valence-electron chi connectivity index (χ0n) is 9.20. The van der Waals surface area contributed by atoms with Crippen LogP contribution >= 0.6 is 0 Å². The maximum Gasteiger partial charge on any atom is 0.284 e. The number of fused-ring (bicyclic) bond motifs is 1. The van der Waals surface area contributed by atoms with Gasteiger partial charge in [0.1, 0.15) is 11.5 Å². The normalized spacial score (nSPS) is 13.9. The Kier molecular flexibility index (Phi) is 2.09. The van der Waals surface area contributed by atoms with Crippen molar-refractivity contribution in [1.82, 2.24) is 9.97 Å². The number of carbonyl (C=O) groups is 2. The summed E-state index contributed by atoms with van der Waals surface area (Å²) in [5, 5.41) is 0. The van der Waals surface area contributed by atoms with Crippen LogP contribution in [0.4, 0.5) is 11.5 Å². The molecule has 0 aliphatic carbocycles. The first-order chi connectivity index (χ1) is 8.68. The van der Waals surface area contributed by atoms with Gasteiger partial charge in [-0.1, -0.05) is 0 Å². The Morgan fingerprint density at radius 3 is 2.56 bits per heavy atom. The molecule has 0 radical (unpaired) electrons. The first-order valence-electron chi connectivity index (χ1n) is 5.24. The molecular formula is C12H8N4O2. The van der Waals surface area contributed by atoms with Gasteiger partial charge in [0.2, 0.25) is 0 Å². The lowest BCUT2D eigenvalue weighted by atomic mass is 10.2. The van der Waals surface area contributed by atoms with Gasteiger partial charge < -0.3 is 5.73 Å². The molecule has 2 N–H and O–H groups in total. The van der Waals surface area contributed by atoms with E-state index < -0.39 is 11.8 Å². The molecule has 0 spiro atoms. The van der Waals surface area contributed by atoms with E-state index >= 15 is 0 Å². The second-order valence-electron chi connectivity index (χ2n) is 3.79. The van der Waals surface area contributed by atoms with Gasteiger partial charge in [0, 0.05) is 6.20 Å². The number of hydrogen-bond donors (Lipinski definition) is 1. The summed E-state index contributed by atoms with van der Waals surface area (Å²) >= 11 is 0. The molecule has 6 nitrogen and oxygen atoms in total. The minimum absolute atomic E-state index is 0.166. The third-order valence-electron chi connectivity index (χ3n) is 2.68. The van der Waals surface area contributed by atoms with E-state index in [1.807, 2.05) is 0 Å². The smallest absolute Gasteiger partial charge is 0.284 e. The predicted molar refractivity (Wildman–Crippen MR) is 64.0 cm³/mol.